The van der Waals surface area contributed by atoms with Crippen LogP contribution in [0.3, 0.4) is 0 Å². The highest BCUT2D eigenvalue weighted by atomic mass is 35.5. The number of nitrogens with one attached hydrogen (secondary N) is 1. The molecule has 1 fully saturated rings. The maximum Gasteiger partial charge on any atom is 0.141 e. The first-order chi connectivity index (χ1) is 18.5. The number of benzene rings is 1. The van der Waals surface area contributed by atoms with Crippen LogP contribution < -0.4 is 14.8 Å². The van der Waals surface area contributed by atoms with Crippen molar-refractivity contribution in [3.05, 3.63) is 51.6 Å². The molecule has 0 radical (unpaired) electrons. The summed E-state index contributed by atoms with van der Waals surface area (Å²) in [5.41, 5.74) is 2.44. The Morgan fingerprint density at radius 3 is 2.63 bits per heavy atom. The minimum Gasteiger partial charge on any atom is -0.495 e. The summed E-state index contributed by atoms with van der Waals surface area (Å²) in [6.07, 6.45) is 6.11. The lowest BCUT2D eigenvalue weighted by Gasteiger charge is -2.20. The second kappa shape index (κ2) is 11.6. The monoisotopic (exact) mass is 558 g/mol. The summed E-state index contributed by atoms with van der Waals surface area (Å²) < 4.78 is 18.0. The maximum absolute atomic E-state index is 9.18. The van der Waals surface area contributed by atoms with Gasteiger partial charge < -0.3 is 39.9 Å². The molecular formula is C25H26Cl2N7O4-. The second-order valence-electron chi connectivity index (χ2n) is 8.58. The molecule has 13 heteroatoms. The van der Waals surface area contributed by atoms with Gasteiger partial charge in [0.1, 0.15) is 17.3 Å². The molecule has 1 aliphatic rings. The van der Waals surface area contributed by atoms with Crippen molar-refractivity contribution in [1.82, 2.24) is 24.7 Å². The van der Waals surface area contributed by atoms with Crippen LogP contribution in [0.4, 0.5) is 11.8 Å². The summed E-state index contributed by atoms with van der Waals surface area (Å²) in [7, 11) is 3.04. The zero-order valence-electron chi connectivity index (χ0n) is 20.8. The van der Waals surface area contributed by atoms with E-state index in [9.17, 15) is 5.11 Å². The van der Waals surface area contributed by atoms with E-state index in [1.807, 2.05) is 12.3 Å². The third-order valence-corrected chi connectivity index (χ3v) is 6.81. The Labute approximate surface area is 229 Å². The largest absolute Gasteiger partial charge is 0.495 e. The number of hydrogen-bond donors (Lipinski definition) is 2. The summed E-state index contributed by atoms with van der Waals surface area (Å²) >= 11 is 13.4. The predicted molar refractivity (Wildman–Crippen MR) is 145 cm³/mol. The zero-order chi connectivity index (χ0) is 26.6. The molecule has 0 spiro atoms. The third kappa shape index (κ3) is 5.41. The summed E-state index contributed by atoms with van der Waals surface area (Å²) in [5, 5.41) is 22.7. The molecule has 4 aromatic rings. The molecule has 3 aromatic heterocycles. The van der Waals surface area contributed by atoms with Crippen LogP contribution in [-0.4, -0.2) is 69.9 Å². The average molecular weight is 559 g/mol. The molecule has 4 heterocycles. The molecule has 2 N–H and O–H groups in total. The van der Waals surface area contributed by atoms with Crippen molar-refractivity contribution in [2.24, 2.45) is 0 Å². The van der Waals surface area contributed by atoms with Crippen molar-refractivity contribution in [1.29, 1.82) is 0 Å². The fourth-order valence-electron chi connectivity index (χ4n) is 4.15. The topological polar surface area (TPSA) is 131 Å². The number of nitrogens with zero attached hydrogens (tertiary/aromatic N) is 6. The maximum atomic E-state index is 9.18. The molecule has 1 aromatic carbocycles. The van der Waals surface area contributed by atoms with Crippen molar-refractivity contribution in [2.75, 3.05) is 39.4 Å². The van der Waals surface area contributed by atoms with Crippen LogP contribution >= 0.6 is 23.2 Å². The number of halogens is 2. The Balaban J connectivity index is 1.58. The van der Waals surface area contributed by atoms with Crippen molar-refractivity contribution in [3.63, 3.8) is 0 Å². The van der Waals surface area contributed by atoms with Gasteiger partial charge in [-0.2, -0.15) is 5.10 Å². The first-order valence-electron chi connectivity index (χ1n) is 11.9. The number of pyridine rings is 1. The van der Waals surface area contributed by atoms with Gasteiger partial charge in [-0.3, -0.25) is 4.68 Å². The lowest BCUT2D eigenvalue weighted by Crippen LogP contribution is -2.07. The van der Waals surface area contributed by atoms with E-state index in [0.29, 0.717) is 81.8 Å². The lowest BCUT2D eigenvalue weighted by molar-refractivity contribution is 0.196. The SMILES string of the molecule is COc1cc(OC)c(Cl)c(-c2cc3cnc([N-]C4CCOC4)nc3c(NCc3cnn(CCO)c3)n2)c1Cl. The van der Waals surface area contributed by atoms with Crippen LogP contribution in [0.15, 0.2) is 30.7 Å². The van der Waals surface area contributed by atoms with Crippen LogP contribution in [0, 0.1) is 0 Å². The van der Waals surface area contributed by atoms with Crippen molar-refractivity contribution >= 4 is 45.9 Å². The van der Waals surface area contributed by atoms with Crippen molar-refractivity contribution in [2.45, 2.75) is 25.6 Å². The smallest absolute Gasteiger partial charge is 0.141 e. The first-order valence-corrected chi connectivity index (χ1v) is 12.7. The van der Waals surface area contributed by atoms with Gasteiger partial charge in [-0.1, -0.05) is 23.2 Å². The van der Waals surface area contributed by atoms with E-state index in [1.54, 1.807) is 23.1 Å². The van der Waals surface area contributed by atoms with E-state index in [4.69, 9.17) is 47.4 Å². The summed E-state index contributed by atoms with van der Waals surface area (Å²) in [6, 6.07) is 3.46. The minimum atomic E-state index is 0.00351. The Morgan fingerprint density at radius 2 is 1.95 bits per heavy atom. The number of ether oxygens (including phenoxy) is 3. The Hall–Kier alpha value is -3.38. The number of aliphatic hydroxyl groups excluding tert-OH is 1. The van der Waals surface area contributed by atoms with E-state index in [-0.39, 0.29) is 12.6 Å². The van der Waals surface area contributed by atoms with Gasteiger partial charge in [0.05, 0.1) is 55.9 Å². The van der Waals surface area contributed by atoms with Crippen molar-refractivity contribution in [3.8, 4) is 22.8 Å². The van der Waals surface area contributed by atoms with Crippen LogP contribution in [0.5, 0.6) is 11.5 Å². The molecule has 0 saturated carbocycles. The highest BCUT2D eigenvalue weighted by Gasteiger charge is 2.21. The van der Waals surface area contributed by atoms with E-state index in [1.165, 1.54) is 14.2 Å². The highest BCUT2D eigenvalue weighted by Crippen LogP contribution is 2.46. The van der Waals surface area contributed by atoms with Crippen LogP contribution in [0.2, 0.25) is 10.0 Å². The van der Waals surface area contributed by atoms with Gasteiger partial charge in [0.2, 0.25) is 0 Å². The van der Waals surface area contributed by atoms with E-state index < -0.39 is 0 Å². The summed E-state index contributed by atoms with van der Waals surface area (Å²) in [5.74, 6) is 1.66. The summed E-state index contributed by atoms with van der Waals surface area (Å²) in [6.45, 7) is 2.05. The Bertz CT molecular complexity index is 1410. The fourth-order valence-corrected chi connectivity index (χ4v) is 4.84. The average Bonchev–Trinajstić information content (AvgIpc) is 3.60. The van der Waals surface area contributed by atoms with E-state index in [2.05, 4.69) is 20.7 Å². The van der Waals surface area contributed by atoms with Crippen LogP contribution in [0.25, 0.3) is 27.5 Å². The molecule has 200 valence electrons. The third-order valence-electron chi connectivity index (χ3n) is 6.06. The number of anilines is 1. The van der Waals surface area contributed by atoms with E-state index >= 15 is 0 Å². The molecule has 1 atom stereocenters. The number of aliphatic hydroxyl groups is 1. The number of hydrogen-bond acceptors (Lipinski definition) is 9. The Morgan fingerprint density at radius 1 is 1.16 bits per heavy atom. The molecule has 5 rings (SSSR count). The standard InChI is InChI=1S/C25H26Cl2N7O4/c1-36-18-8-19(37-2)22(27)20(21(18)26)17-7-15-11-29-25(31-16-3-6-38-13-16)33-23(15)24(32-17)28-9-14-10-30-34(12-14)4-5-35/h7-8,10-12,16,35H,3-6,9,13H2,1-2H3,(H-,28,29,31,32,33)/q-1. The van der Waals surface area contributed by atoms with Crippen molar-refractivity contribution < 1.29 is 19.3 Å². The normalized spacial score (nSPS) is 15.1. The summed E-state index contributed by atoms with van der Waals surface area (Å²) in [4.78, 5) is 14.0. The van der Waals surface area contributed by atoms with Gasteiger partial charge in [0.25, 0.3) is 0 Å². The van der Waals surface area contributed by atoms with E-state index in [0.717, 1.165) is 12.0 Å². The van der Waals surface area contributed by atoms with Crippen LogP contribution in [-0.2, 0) is 17.8 Å². The van der Waals surface area contributed by atoms with Gasteiger partial charge in [0.15, 0.2) is 0 Å². The fraction of sp³-hybridized carbons (Fsp3) is 0.360. The molecule has 0 aliphatic carbocycles. The molecule has 1 aliphatic heterocycles. The second-order valence-corrected chi connectivity index (χ2v) is 9.34. The quantitative estimate of drug-likeness (QED) is 0.286. The first kappa shape index (κ1) is 26.2. The molecule has 0 bridgehead atoms. The molecular weight excluding hydrogens is 533 g/mol. The van der Waals surface area contributed by atoms with Gasteiger partial charge >= 0.3 is 0 Å². The van der Waals surface area contributed by atoms with Gasteiger partial charge in [-0.05, 0) is 24.1 Å². The molecule has 11 nitrogen and oxygen atoms in total. The number of aromatic nitrogens is 5. The van der Waals surface area contributed by atoms with Gasteiger partial charge in [0, 0.05) is 54.0 Å². The minimum absolute atomic E-state index is 0.00351. The van der Waals surface area contributed by atoms with Crippen LogP contribution in [0.1, 0.15) is 12.0 Å². The van der Waals surface area contributed by atoms with Gasteiger partial charge in [-0.15, -0.1) is 0 Å². The number of methoxy groups -OCH3 is 2. The Kier molecular flexibility index (Phi) is 7.98. The highest BCUT2D eigenvalue weighted by molar-refractivity contribution is 6.41. The molecule has 1 unspecified atom stereocenters. The molecule has 38 heavy (non-hydrogen) atoms. The predicted octanol–water partition coefficient (Wildman–Crippen LogP) is 4.61. The zero-order valence-corrected chi connectivity index (χ0v) is 22.3. The number of fused-ring (bicyclic) bond motifs is 1. The lowest BCUT2D eigenvalue weighted by atomic mass is 10.1. The number of rotatable bonds is 10. The molecule has 1 saturated heterocycles. The molecule has 0 amide bonds. The van der Waals surface area contributed by atoms with Gasteiger partial charge in [-0.25, -0.2) is 4.98 Å².